The summed E-state index contributed by atoms with van der Waals surface area (Å²) in [6.07, 6.45) is 1.39. The maximum absolute atomic E-state index is 13.0. The maximum atomic E-state index is 13.0. The quantitative estimate of drug-likeness (QED) is 0.333. The molecule has 7 N–H and O–H groups in total. The summed E-state index contributed by atoms with van der Waals surface area (Å²) in [6.45, 7) is 0.595. The fraction of sp³-hybridized carbons (Fsp3) is 0.280. The lowest BCUT2D eigenvalue weighted by Crippen LogP contribution is -2.52. The molecule has 0 aliphatic carbocycles. The summed E-state index contributed by atoms with van der Waals surface area (Å²) >= 11 is 0. The Kier molecular flexibility index (Phi) is 8.19. The Bertz CT molecular complexity index is 1070. The Balaban J connectivity index is 1.75. The van der Waals surface area contributed by atoms with Crippen molar-refractivity contribution in [3.05, 3.63) is 77.9 Å². The van der Waals surface area contributed by atoms with Crippen molar-refractivity contribution in [3.8, 4) is 5.75 Å². The molecule has 0 radical (unpaired) electrons. The molecule has 32 heavy (non-hydrogen) atoms. The number of nitrogens with two attached hydrogens (primary N) is 2. The zero-order chi connectivity index (χ0) is 22.9. The van der Waals surface area contributed by atoms with Crippen LogP contribution >= 0.6 is 0 Å². The van der Waals surface area contributed by atoms with Crippen molar-refractivity contribution in [2.24, 2.45) is 11.5 Å². The van der Waals surface area contributed by atoms with Crippen LogP contribution in [0.5, 0.6) is 5.75 Å². The van der Waals surface area contributed by atoms with Crippen molar-refractivity contribution >= 4 is 22.6 Å². The van der Waals surface area contributed by atoms with E-state index < -0.39 is 12.1 Å². The van der Waals surface area contributed by atoms with Crippen LogP contribution in [0.3, 0.4) is 0 Å². The van der Waals surface area contributed by atoms with E-state index in [0.29, 0.717) is 31.4 Å². The highest BCUT2D eigenvalue weighted by molar-refractivity contribution is 5.90. The molecule has 0 spiro atoms. The minimum Gasteiger partial charge on any atom is -0.508 e. The summed E-state index contributed by atoms with van der Waals surface area (Å²) in [4.78, 5) is 25.6. The number of benzene rings is 3. The second kappa shape index (κ2) is 11.3. The van der Waals surface area contributed by atoms with Gasteiger partial charge in [0, 0.05) is 18.5 Å². The summed E-state index contributed by atoms with van der Waals surface area (Å²) in [5.74, 6) is -0.630. The van der Waals surface area contributed by atoms with Crippen LogP contribution < -0.4 is 22.1 Å². The Labute approximate surface area is 187 Å². The lowest BCUT2D eigenvalue weighted by Gasteiger charge is -2.21. The van der Waals surface area contributed by atoms with Gasteiger partial charge in [-0.3, -0.25) is 9.59 Å². The number of nitrogens with one attached hydrogen (secondary N) is 2. The molecule has 0 saturated heterocycles. The number of phenols is 1. The van der Waals surface area contributed by atoms with Crippen molar-refractivity contribution in [3.63, 3.8) is 0 Å². The molecule has 0 aliphatic heterocycles. The first-order valence-corrected chi connectivity index (χ1v) is 10.8. The number of aromatic hydroxyl groups is 1. The van der Waals surface area contributed by atoms with Gasteiger partial charge in [-0.25, -0.2) is 0 Å². The molecule has 168 valence electrons. The zero-order valence-corrected chi connectivity index (χ0v) is 18.0. The number of carbonyl (C=O) groups is 2. The normalized spacial score (nSPS) is 12.8. The molecule has 7 nitrogen and oxygen atoms in total. The second-order valence-electron chi connectivity index (χ2n) is 7.83. The largest absolute Gasteiger partial charge is 0.508 e. The monoisotopic (exact) mass is 434 g/mol. The molecule has 0 saturated carbocycles. The molecule has 0 heterocycles. The lowest BCUT2D eigenvalue weighted by molar-refractivity contribution is -0.129. The predicted molar refractivity (Wildman–Crippen MR) is 126 cm³/mol. The minimum absolute atomic E-state index is 0.103. The molecular weight excluding hydrogens is 404 g/mol. The van der Waals surface area contributed by atoms with E-state index >= 15 is 0 Å². The molecule has 0 aromatic heterocycles. The third kappa shape index (κ3) is 6.29. The zero-order valence-electron chi connectivity index (χ0n) is 18.0. The fourth-order valence-corrected chi connectivity index (χ4v) is 3.52. The number of carbonyl (C=O) groups excluding carboxylic acids is 2. The van der Waals surface area contributed by atoms with E-state index in [1.165, 1.54) is 0 Å². The van der Waals surface area contributed by atoms with Crippen LogP contribution in [0, 0.1) is 0 Å². The third-order valence-electron chi connectivity index (χ3n) is 5.39. The molecule has 2 atom stereocenters. The topological polar surface area (TPSA) is 130 Å². The summed E-state index contributed by atoms with van der Waals surface area (Å²) in [5, 5.41) is 17.7. The third-order valence-corrected chi connectivity index (χ3v) is 5.39. The molecule has 0 aliphatic rings. The predicted octanol–water partition coefficient (Wildman–Crippen LogP) is 1.96. The van der Waals surface area contributed by atoms with Gasteiger partial charge < -0.3 is 27.2 Å². The van der Waals surface area contributed by atoms with Crippen molar-refractivity contribution in [1.29, 1.82) is 0 Å². The van der Waals surface area contributed by atoms with Crippen LogP contribution in [0.1, 0.15) is 24.0 Å². The number of amides is 2. The summed E-state index contributed by atoms with van der Waals surface area (Å²) in [5.41, 5.74) is 13.0. The van der Waals surface area contributed by atoms with E-state index in [1.807, 2.05) is 42.5 Å². The Morgan fingerprint density at radius 2 is 1.66 bits per heavy atom. The van der Waals surface area contributed by atoms with Gasteiger partial charge in [-0.2, -0.15) is 0 Å². The molecule has 3 aromatic carbocycles. The first kappa shape index (κ1) is 23.2. The molecule has 0 unspecified atom stereocenters. The van der Waals surface area contributed by atoms with Gasteiger partial charge in [-0.1, -0.05) is 60.7 Å². The molecule has 0 bridgehead atoms. The summed E-state index contributed by atoms with van der Waals surface area (Å²) < 4.78 is 0. The lowest BCUT2D eigenvalue weighted by atomic mass is 10.0. The van der Waals surface area contributed by atoms with E-state index in [9.17, 15) is 14.7 Å². The van der Waals surface area contributed by atoms with E-state index in [2.05, 4.69) is 10.6 Å². The molecule has 3 rings (SSSR count). The van der Waals surface area contributed by atoms with Gasteiger partial charge in [0.15, 0.2) is 0 Å². The van der Waals surface area contributed by atoms with Crippen molar-refractivity contribution in [2.45, 2.75) is 37.9 Å². The average molecular weight is 435 g/mol. The van der Waals surface area contributed by atoms with Crippen LogP contribution in [0.4, 0.5) is 0 Å². The SMILES string of the molecule is NCCC[C@@H](N)C(=O)N[C@@H](Cc1ccc2ccccc2c1)C(=O)NCc1ccccc1O. The van der Waals surface area contributed by atoms with Crippen LogP contribution in [0.2, 0.25) is 0 Å². The number of para-hydroxylation sites is 1. The minimum atomic E-state index is -0.807. The molecular formula is C25H30N4O3. The van der Waals surface area contributed by atoms with Gasteiger partial charge in [0.1, 0.15) is 11.8 Å². The van der Waals surface area contributed by atoms with Crippen molar-refractivity contribution < 1.29 is 14.7 Å². The maximum Gasteiger partial charge on any atom is 0.243 e. The first-order valence-electron chi connectivity index (χ1n) is 10.8. The summed E-state index contributed by atoms with van der Waals surface area (Å²) in [7, 11) is 0. The van der Waals surface area contributed by atoms with E-state index in [1.54, 1.807) is 24.3 Å². The smallest absolute Gasteiger partial charge is 0.243 e. The number of rotatable bonds is 10. The number of hydrogen-bond acceptors (Lipinski definition) is 5. The Morgan fingerprint density at radius 3 is 2.41 bits per heavy atom. The average Bonchev–Trinajstić information content (AvgIpc) is 2.81. The molecule has 7 heteroatoms. The Hall–Kier alpha value is -3.42. The van der Waals surface area contributed by atoms with E-state index in [4.69, 9.17) is 11.5 Å². The number of hydrogen-bond donors (Lipinski definition) is 5. The van der Waals surface area contributed by atoms with Crippen LogP contribution in [-0.4, -0.2) is 35.5 Å². The van der Waals surface area contributed by atoms with Gasteiger partial charge in [-0.05, 0) is 41.8 Å². The molecule has 0 fully saturated rings. The number of phenolic OH excluding ortho intramolecular Hbond substituents is 1. The van der Waals surface area contributed by atoms with Crippen molar-refractivity contribution in [2.75, 3.05) is 6.54 Å². The highest BCUT2D eigenvalue weighted by Gasteiger charge is 2.24. The van der Waals surface area contributed by atoms with Gasteiger partial charge in [0.2, 0.25) is 11.8 Å². The van der Waals surface area contributed by atoms with Gasteiger partial charge in [0.25, 0.3) is 0 Å². The first-order chi connectivity index (χ1) is 15.5. The van der Waals surface area contributed by atoms with Crippen LogP contribution in [-0.2, 0) is 22.6 Å². The van der Waals surface area contributed by atoms with Crippen LogP contribution in [0.15, 0.2) is 66.7 Å². The van der Waals surface area contributed by atoms with Crippen molar-refractivity contribution in [1.82, 2.24) is 10.6 Å². The van der Waals surface area contributed by atoms with Gasteiger partial charge in [-0.15, -0.1) is 0 Å². The highest BCUT2D eigenvalue weighted by atomic mass is 16.3. The Morgan fingerprint density at radius 1 is 0.938 bits per heavy atom. The molecule has 3 aromatic rings. The highest BCUT2D eigenvalue weighted by Crippen LogP contribution is 2.18. The van der Waals surface area contributed by atoms with Crippen LogP contribution in [0.25, 0.3) is 10.8 Å². The van der Waals surface area contributed by atoms with E-state index in [0.717, 1.165) is 16.3 Å². The van der Waals surface area contributed by atoms with Gasteiger partial charge >= 0.3 is 0 Å². The summed E-state index contributed by atoms with van der Waals surface area (Å²) in [6, 6.07) is 19.2. The standard InChI is InChI=1S/C25H30N4O3/c26-13-5-9-21(27)24(31)29-22(25(32)28-16-20-8-3-4-10-23(20)30)15-17-11-12-18-6-1-2-7-19(18)14-17/h1-4,6-8,10-12,14,21-22,30H,5,9,13,15-16,26-27H2,(H,28,32)(H,29,31)/t21-,22+/m1/s1. The second-order valence-corrected chi connectivity index (χ2v) is 7.83. The number of fused-ring (bicyclic) bond motifs is 1. The van der Waals surface area contributed by atoms with E-state index in [-0.39, 0.29) is 24.1 Å². The van der Waals surface area contributed by atoms with Gasteiger partial charge in [0.05, 0.1) is 6.04 Å². The fourth-order valence-electron chi connectivity index (χ4n) is 3.52. The molecule has 2 amide bonds.